The fourth-order valence-corrected chi connectivity index (χ4v) is 1.46. The molecule has 1 N–H and O–H groups in total. The molecule has 0 spiro atoms. The van der Waals surface area contributed by atoms with Gasteiger partial charge in [-0.3, -0.25) is 0 Å². The zero-order valence-electron chi connectivity index (χ0n) is 7.48. The maximum Gasteiger partial charge on any atom is 0.355 e. The quantitative estimate of drug-likeness (QED) is 0.806. The van der Waals surface area contributed by atoms with E-state index in [0.29, 0.717) is 11.5 Å². The van der Waals surface area contributed by atoms with Crippen LogP contribution in [0.4, 0.5) is 0 Å². The standard InChI is InChI=1S/C8H11NO3S/c1-5(2)12-3-6-7(8(10)11)9-4-13-6/h4-5H,3H2,1-2H3,(H,10,11). The van der Waals surface area contributed by atoms with Crippen LogP contribution in [-0.2, 0) is 11.3 Å². The number of aromatic carboxylic acids is 1. The predicted octanol–water partition coefficient (Wildman–Crippen LogP) is 1.77. The number of nitrogens with zero attached hydrogens (tertiary/aromatic N) is 1. The zero-order chi connectivity index (χ0) is 9.84. The van der Waals surface area contributed by atoms with Gasteiger partial charge in [-0.2, -0.15) is 0 Å². The van der Waals surface area contributed by atoms with E-state index in [1.54, 1.807) is 0 Å². The molecule has 0 amide bonds. The summed E-state index contributed by atoms with van der Waals surface area (Å²) in [5.41, 5.74) is 1.62. The number of thiazole rings is 1. The Morgan fingerprint density at radius 1 is 1.77 bits per heavy atom. The molecule has 0 aliphatic rings. The van der Waals surface area contributed by atoms with E-state index < -0.39 is 5.97 Å². The molecule has 0 saturated carbocycles. The Labute approximate surface area is 80.2 Å². The van der Waals surface area contributed by atoms with Crippen molar-refractivity contribution >= 4 is 17.3 Å². The second kappa shape index (κ2) is 4.34. The van der Waals surface area contributed by atoms with Crippen LogP contribution in [0.25, 0.3) is 0 Å². The molecule has 72 valence electrons. The summed E-state index contributed by atoms with van der Waals surface area (Å²) in [6.07, 6.45) is 0.101. The topological polar surface area (TPSA) is 59.4 Å². The van der Waals surface area contributed by atoms with Crippen molar-refractivity contribution in [1.82, 2.24) is 4.98 Å². The van der Waals surface area contributed by atoms with Gasteiger partial charge in [0.15, 0.2) is 5.69 Å². The Hall–Kier alpha value is -0.940. The molecule has 0 bridgehead atoms. The summed E-state index contributed by atoms with van der Waals surface area (Å²) >= 11 is 1.30. The summed E-state index contributed by atoms with van der Waals surface area (Å²) < 4.78 is 5.28. The average Bonchev–Trinajstić information content (AvgIpc) is 2.47. The fraction of sp³-hybridized carbons (Fsp3) is 0.500. The maximum atomic E-state index is 10.6. The number of rotatable bonds is 4. The molecule has 1 aromatic heterocycles. The first-order valence-corrected chi connectivity index (χ1v) is 4.76. The first kappa shape index (κ1) is 10.1. The van der Waals surface area contributed by atoms with Crippen LogP contribution < -0.4 is 0 Å². The normalized spacial score (nSPS) is 10.7. The number of carboxylic acid groups (broad SMARTS) is 1. The summed E-state index contributed by atoms with van der Waals surface area (Å²) in [6, 6.07) is 0. The molecule has 1 aromatic rings. The van der Waals surface area contributed by atoms with E-state index in [2.05, 4.69) is 4.98 Å². The molecular formula is C8H11NO3S. The van der Waals surface area contributed by atoms with Gasteiger partial charge >= 0.3 is 5.97 Å². The highest BCUT2D eigenvalue weighted by molar-refractivity contribution is 7.09. The third-order valence-corrected chi connectivity index (χ3v) is 2.20. The molecule has 5 heteroatoms. The number of hydrogen-bond acceptors (Lipinski definition) is 4. The smallest absolute Gasteiger partial charge is 0.355 e. The Balaban J connectivity index is 2.65. The van der Waals surface area contributed by atoms with Gasteiger partial charge in [0.2, 0.25) is 0 Å². The van der Waals surface area contributed by atoms with Gasteiger partial charge < -0.3 is 9.84 Å². The molecule has 0 radical (unpaired) electrons. The lowest BCUT2D eigenvalue weighted by molar-refractivity contribution is 0.0615. The first-order valence-electron chi connectivity index (χ1n) is 3.88. The van der Waals surface area contributed by atoms with Crippen LogP contribution >= 0.6 is 11.3 Å². The van der Waals surface area contributed by atoms with Gasteiger partial charge in [-0.05, 0) is 13.8 Å². The van der Waals surface area contributed by atoms with Crippen LogP contribution in [0.3, 0.4) is 0 Å². The molecule has 0 unspecified atom stereocenters. The van der Waals surface area contributed by atoms with E-state index in [-0.39, 0.29) is 11.8 Å². The molecule has 4 nitrogen and oxygen atoms in total. The Bertz CT molecular complexity index is 295. The van der Waals surface area contributed by atoms with Crippen LogP contribution in [0.5, 0.6) is 0 Å². The molecule has 13 heavy (non-hydrogen) atoms. The fourth-order valence-electron chi connectivity index (χ4n) is 0.790. The van der Waals surface area contributed by atoms with E-state index in [1.165, 1.54) is 16.8 Å². The minimum absolute atomic E-state index is 0.101. The van der Waals surface area contributed by atoms with Crippen LogP contribution in [0.1, 0.15) is 29.2 Å². The van der Waals surface area contributed by atoms with E-state index in [9.17, 15) is 4.79 Å². The summed E-state index contributed by atoms with van der Waals surface area (Å²) in [5.74, 6) is -0.997. The van der Waals surface area contributed by atoms with Crippen LogP contribution in [0.15, 0.2) is 5.51 Å². The van der Waals surface area contributed by atoms with Gasteiger partial charge in [-0.15, -0.1) is 11.3 Å². The molecular weight excluding hydrogens is 190 g/mol. The van der Waals surface area contributed by atoms with Gasteiger partial charge in [-0.1, -0.05) is 0 Å². The first-order chi connectivity index (χ1) is 6.11. The lowest BCUT2D eigenvalue weighted by Crippen LogP contribution is -2.06. The minimum Gasteiger partial charge on any atom is -0.476 e. The maximum absolute atomic E-state index is 10.6. The van der Waals surface area contributed by atoms with Crippen LogP contribution in [0.2, 0.25) is 0 Å². The van der Waals surface area contributed by atoms with Crippen molar-refractivity contribution < 1.29 is 14.6 Å². The van der Waals surface area contributed by atoms with E-state index in [4.69, 9.17) is 9.84 Å². The molecule has 0 aromatic carbocycles. The molecule has 0 saturated heterocycles. The van der Waals surface area contributed by atoms with Gasteiger partial charge in [0.1, 0.15) is 0 Å². The summed E-state index contributed by atoms with van der Waals surface area (Å²) in [6.45, 7) is 4.13. The number of carboxylic acids is 1. The van der Waals surface area contributed by atoms with Crippen molar-refractivity contribution in [2.75, 3.05) is 0 Å². The average molecular weight is 201 g/mol. The Morgan fingerprint density at radius 3 is 3.00 bits per heavy atom. The van der Waals surface area contributed by atoms with Gasteiger partial charge in [0, 0.05) is 0 Å². The van der Waals surface area contributed by atoms with Crippen LogP contribution in [0, 0.1) is 0 Å². The van der Waals surface area contributed by atoms with Gasteiger partial charge in [0.05, 0.1) is 23.1 Å². The molecule has 1 rings (SSSR count). The van der Waals surface area contributed by atoms with Crippen molar-refractivity contribution in [2.24, 2.45) is 0 Å². The highest BCUT2D eigenvalue weighted by Gasteiger charge is 2.13. The number of hydrogen-bond donors (Lipinski definition) is 1. The predicted molar refractivity (Wildman–Crippen MR) is 49.0 cm³/mol. The molecule has 0 aliphatic carbocycles. The SMILES string of the molecule is CC(C)OCc1scnc1C(=O)O. The van der Waals surface area contributed by atoms with Crippen molar-refractivity contribution in [3.8, 4) is 0 Å². The van der Waals surface area contributed by atoms with Crippen molar-refractivity contribution in [3.05, 3.63) is 16.1 Å². The summed E-state index contributed by atoms with van der Waals surface area (Å²) in [5, 5.41) is 8.71. The van der Waals surface area contributed by atoms with Gasteiger partial charge in [0.25, 0.3) is 0 Å². The number of aromatic nitrogens is 1. The van der Waals surface area contributed by atoms with E-state index in [0.717, 1.165) is 0 Å². The molecule has 0 aliphatic heterocycles. The Morgan fingerprint density at radius 2 is 2.46 bits per heavy atom. The summed E-state index contributed by atoms with van der Waals surface area (Å²) in [7, 11) is 0. The minimum atomic E-state index is -0.997. The van der Waals surface area contributed by atoms with Crippen molar-refractivity contribution in [1.29, 1.82) is 0 Å². The number of ether oxygens (including phenoxy) is 1. The molecule has 0 atom stereocenters. The Kier molecular flexibility index (Phi) is 3.39. The molecule has 0 fully saturated rings. The highest BCUT2D eigenvalue weighted by Crippen LogP contribution is 2.15. The van der Waals surface area contributed by atoms with E-state index >= 15 is 0 Å². The van der Waals surface area contributed by atoms with Crippen molar-refractivity contribution in [3.63, 3.8) is 0 Å². The monoisotopic (exact) mass is 201 g/mol. The third kappa shape index (κ3) is 2.78. The highest BCUT2D eigenvalue weighted by atomic mass is 32.1. The molecule has 1 heterocycles. The van der Waals surface area contributed by atoms with Crippen LogP contribution in [-0.4, -0.2) is 22.2 Å². The number of carbonyl (C=O) groups is 1. The van der Waals surface area contributed by atoms with Crippen molar-refractivity contribution in [2.45, 2.75) is 26.6 Å². The van der Waals surface area contributed by atoms with E-state index in [1.807, 2.05) is 13.8 Å². The third-order valence-electron chi connectivity index (χ3n) is 1.39. The summed E-state index contributed by atoms with van der Waals surface area (Å²) in [4.78, 5) is 15.0. The zero-order valence-corrected chi connectivity index (χ0v) is 8.30. The second-order valence-electron chi connectivity index (χ2n) is 2.79. The largest absolute Gasteiger partial charge is 0.476 e. The van der Waals surface area contributed by atoms with Gasteiger partial charge in [-0.25, -0.2) is 9.78 Å². The lowest BCUT2D eigenvalue weighted by Gasteiger charge is -2.05. The second-order valence-corrected chi connectivity index (χ2v) is 3.73. The lowest BCUT2D eigenvalue weighted by atomic mass is 10.4.